The van der Waals surface area contributed by atoms with Crippen molar-refractivity contribution in [1.29, 1.82) is 0 Å². The Bertz CT molecular complexity index is 212. The van der Waals surface area contributed by atoms with Crippen molar-refractivity contribution in [2.45, 2.75) is 13.3 Å². The molecule has 0 spiro atoms. The van der Waals surface area contributed by atoms with Gasteiger partial charge in [-0.1, -0.05) is 0 Å². The lowest BCUT2D eigenvalue weighted by Gasteiger charge is -1.88. The molecule has 0 fully saturated rings. The van der Waals surface area contributed by atoms with E-state index in [9.17, 15) is 8.78 Å². The van der Waals surface area contributed by atoms with E-state index in [0.717, 1.165) is 0 Å². The molecule has 0 saturated heterocycles. The quantitative estimate of drug-likeness (QED) is 0.694. The second kappa shape index (κ2) is 2.70. The van der Waals surface area contributed by atoms with Crippen molar-refractivity contribution in [3.8, 4) is 0 Å². The maximum atomic E-state index is 11.8. The Kier molecular flexibility index (Phi) is 2.08. The minimum absolute atomic E-state index is 0.288. The molecule has 0 aromatic carbocycles. The van der Waals surface area contributed by atoms with Gasteiger partial charge < -0.3 is 4.42 Å². The molecule has 0 atom stereocenters. The highest BCUT2D eigenvalue weighted by Gasteiger charge is 2.13. The highest BCUT2D eigenvalue weighted by molar-refractivity contribution is 9.10. The number of halogens is 3. The normalized spacial score (nSPS) is 10.9. The fraction of sp³-hybridized carbons (Fsp3) is 0.333. The number of hydrogen-bond acceptors (Lipinski definition) is 1. The first kappa shape index (κ1) is 7.72. The maximum Gasteiger partial charge on any atom is 0.295 e. The van der Waals surface area contributed by atoms with Crippen LogP contribution in [-0.4, -0.2) is 0 Å². The standard InChI is InChI=1S/C6H5BrF2O/c1-3-2-4(6(8)9)10-5(3)7/h2,6H,1H3. The Balaban J connectivity index is 2.98. The van der Waals surface area contributed by atoms with Crippen LogP contribution < -0.4 is 0 Å². The molecule has 10 heavy (non-hydrogen) atoms. The zero-order chi connectivity index (χ0) is 7.72. The van der Waals surface area contributed by atoms with Crippen LogP contribution >= 0.6 is 15.9 Å². The summed E-state index contributed by atoms with van der Waals surface area (Å²) in [6, 6.07) is 1.31. The Morgan fingerprint density at radius 3 is 2.40 bits per heavy atom. The van der Waals surface area contributed by atoms with Crippen LogP contribution in [0.5, 0.6) is 0 Å². The second-order valence-corrected chi connectivity index (χ2v) is 2.63. The lowest BCUT2D eigenvalue weighted by molar-refractivity contribution is 0.120. The van der Waals surface area contributed by atoms with Crippen molar-refractivity contribution in [1.82, 2.24) is 0 Å². The molecule has 0 bridgehead atoms. The lowest BCUT2D eigenvalue weighted by atomic mass is 10.3. The summed E-state index contributed by atoms with van der Waals surface area (Å²) >= 11 is 2.98. The third kappa shape index (κ3) is 1.37. The zero-order valence-electron chi connectivity index (χ0n) is 5.20. The summed E-state index contributed by atoms with van der Waals surface area (Å²) in [5.41, 5.74) is 0.690. The second-order valence-electron chi connectivity index (χ2n) is 1.91. The highest BCUT2D eigenvalue weighted by atomic mass is 79.9. The Morgan fingerprint density at radius 1 is 1.60 bits per heavy atom. The van der Waals surface area contributed by atoms with Gasteiger partial charge in [-0.15, -0.1) is 0 Å². The smallest absolute Gasteiger partial charge is 0.295 e. The van der Waals surface area contributed by atoms with Gasteiger partial charge in [0.15, 0.2) is 10.4 Å². The van der Waals surface area contributed by atoms with E-state index >= 15 is 0 Å². The third-order valence-electron chi connectivity index (χ3n) is 1.09. The minimum atomic E-state index is -2.52. The van der Waals surface area contributed by atoms with E-state index in [0.29, 0.717) is 10.2 Å². The van der Waals surface area contributed by atoms with Gasteiger partial charge in [0.05, 0.1) is 0 Å². The van der Waals surface area contributed by atoms with Gasteiger partial charge in [0.2, 0.25) is 0 Å². The first-order valence-corrected chi connectivity index (χ1v) is 3.44. The van der Waals surface area contributed by atoms with Crippen LogP contribution in [0.3, 0.4) is 0 Å². The van der Waals surface area contributed by atoms with Crippen molar-refractivity contribution in [2.24, 2.45) is 0 Å². The molecule has 4 heteroatoms. The lowest BCUT2D eigenvalue weighted by Crippen LogP contribution is -1.75. The van der Waals surface area contributed by atoms with Gasteiger partial charge in [0.1, 0.15) is 0 Å². The van der Waals surface area contributed by atoms with E-state index in [-0.39, 0.29) is 5.76 Å². The molecule has 1 rings (SSSR count). The van der Waals surface area contributed by atoms with Crippen molar-refractivity contribution >= 4 is 15.9 Å². The fourth-order valence-electron chi connectivity index (χ4n) is 0.591. The summed E-state index contributed by atoms with van der Waals surface area (Å²) < 4.78 is 28.7. The van der Waals surface area contributed by atoms with Crippen LogP contribution in [0.2, 0.25) is 0 Å². The van der Waals surface area contributed by atoms with Crippen molar-refractivity contribution in [3.63, 3.8) is 0 Å². The van der Waals surface area contributed by atoms with Crippen molar-refractivity contribution in [3.05, 3.63) is 22.1 Å². The minimum Gasteiger partial charge on any atom is -0.448 e. The Morgan fingerprint density at radius 2 is 2.20 bits per heavy atom. The number of aryl methyl sites for hydroxylation is 1. The van der Waals surface area contributed by atoms with Crippen molar-refractivity contribution in [2.75, 3.05) is 0 Å². The molecule has 1 aromatic rings. The predicted octanol–water partition coefficient (Wildman–Crippen LogP) is 3.29. The fourth-order valence-corrected chi connectivity index (χ4v) is 0.892. The topological polar surface area (TPSA) is 13.1 Å². The monoisotopic (exact) mass is 210 g/mol. The largest absolute Gasteiger partial charge is 0.448 e. The van der Waals surface area contributed by atoms with Crippen LogP contribution in [0, 0.1) is 6.92 Å². The number of furan rings is 1. The zero-order valence-corrected chi connectivity index (χ0v) is 6.78. The number of hydrogen-bond donors (Lipinski definition) is 0. The highest BCUT2D eigenvalue weighted by Crippen LogP contribution is 2.27. The molecule has 0 N–H and O–H groups in total. The first-order chi connectivity index (χ1) is 4.61. The molecule has 0 aliphatic rings. The molecular weight excluding hydrogens is 206 g/mol. The molecule has 1 aromatic heterocycles. The summed E-state index contributed by atoms with van der Waals surface area (Å²) in [6.07, 6.45) is -2.52. The summed E-state index contributed by atoms with van der Waals surface area (Å²) in [6.45, 7) is 1.69. The van der Waals surface area contributed by atoms with E-state index in [4.69, 9.17) is 0 Å². The van der Waals surface area contributed by atoms with Gasteiger partial charge in [-0.25, -0.2) is 8.78 Å². The first-order valence-electron chi connectivity index (χ1n) is 2.65. The molecule has 56 valence electrons. The average Bonchev–Trinajstić information content (AvgIpc) is 2.13. The van der Waals surface area contributed by atoms with Gasteiger partial charge in [-0.3, -0.25) is 0 Å². The van der Waals surface area contributed by atoms with Gasteiger partial charge >= 0.3 is 0 Å². The van der Waals surface area contributed by atoms with Crippen LogP contribution in [0.1, 0.15) is 17.7 Å². The van der Waals surface area contributed by atoms with Crippen LogP contribution in [0.15, 0.2) is 15.2 Å². The van der Waals surface area contributed by atoms with E-state index < -0.39 is 6.43 Å². The summed E-state index contributed by atoms with van der Waals surface area (Å²) in [7, 11) is 0. The van der Waals surface area contributed by atoms with E-state index in [1.165, 1.54) is 6.07 Å². The van der Waals surface area contributed by atoms with Crippen LogP contribution in [-0.2, 0) is 0 Å². The van der Waals surface area contributed by atoms with Crippen LogP contribution in [0.25, 0.3) is 0 Å². The third-order valence-corrected chi connectivity index (χ3v) is 1.88. The van der Waals surface area contributed by atoms with Gasteiger partial charge in [0, 0.05) is 5.56 Å². The molecular formula is C6H5BrF2O. The van der Waals surface area contributed by atoms with E-state index in [1.54, 1.807) is 6.92 Å². The van der Waals surface area contributed by atoms with Crippen LogP contribution in [0.4, 0.5) is 8.78 Å². The Labute approximate surface area is 65.2 Å². The summed E-state index contributed by atoms with van der Waals surface area (Å²) in [4.78, 5) is 0. The Hall–Kier alpha value is -0.380. The molecule has 0 unspecified atom stereocenters. The maximum absolute atomic E-state index is 11.8. The van der Waals surface area contributed by atoms with Gasteiger partial charge in [0.25, 0.3) is 6.43 Å². The van der Waals surface area contributed by atoms with E-state index in [1.807, 2.05) is 0 Å². The summed E-state index contributed by atoms with van der Waals surface area (Å²) in [5, 5.41) is 0. The molecule has 1 nitrogen and oxygen atoms in total. The number of rotatable bonds is 1. The summed E-state index contributed by atoms with van der Waals surface area (Å²) in [5.74, 6) is -0.288. The van der Waals surface area contributed by atoms with Gasteiger partial charge in [-0.2, -0.15) is 0 Å². The number of alkyl halides is 2. The van der Waals surface area contributed by atoms with Crippen molar-refractivity contribution < 1.29 is 13.2 Å². The van der Waals surface area contributed by atoms with E-state index in [2.05, 4.69) is 20.3 Å². The average molecular weight is 211 g/mol. The molecule has 0 aliphatic carbocycles. The SMILES string of the molecule is Cc1cc(C(F)F)oc1Br. The van der Waals surface area contributed by atoms with Gasteiger partial charge in [-0.05, 0) is 28.9 Å². The molecule has 0 saturated carbocycles. The molecule has 0 aliphatic heterocycles. The molecule has 0 amide bonds. The molecule has 0 radical (unpaired) electrons. The predicted molar refractivity (Wildman–Crippen MR) is 36.1 cm³/mol. The molecule has 1 heterocycles.